The summed E-state index contributed by atoms with van der Waals surface area (Å²) in [6.07, 6.45) is 1.10. The van der Waals surface area contributed by atoms with Gasteiger partial charge in [0.15, 0.2) is 5.96 Å². The van der Waals surface area contributed by atoms with Gasteiger partial charge in [-0.15, -0.1) is 24.0 Å². The van der Waals surface area contributed by atoms with E-state index in [1.807, 2.05) is 42.5 Å². The normalized spacial score (nSPS) is 17.7. The third kappa shape index (κ3) is 5.94. The quantitative estimate of drug-likeness (QED) is 0.365. The molecule has 0 spiro atoms. The number of guanidine groups is 1. The van der Waals surface area contributed by atoms with E-state index in [9.17, 15) is 4.21 Å². The predicted octanol–water partition coefficient (Wildman–Crippen LogP) is 3.49. The second kappa shape index (κ2) is 11.4. The van der Waals surface area contributed by atoms with Crippen LogP contribution in [0.1, 0.15) is 17.9 Å². The minimum Gasteiger partial charge on any atom is -0.497 e. The van der Waals surface area contributed by atoms with Gasteiger partial charge in [-0.05, 0) is 36.2 Å². The zero-order valence-electron chi connectivity index (χ0n) is 16.3. The lowest BCUT2D eigenvalue weighted by Crippen LogP contribution is -2.41. The molecule has 0 bridgehead atoms. The number of halogens is 1. The van der Waals surface area contributed by atoms with E-state index in [4.69, 9.17) is 4.74 Å². The topological polar surface area (TPSA) is 53.9 Å². The number of methoxy groups -OCH3 is 1. The van der Waals surface area contributed by atoms with Crippen LogP contribution in [-0.2, 0) is 10.8 Å². The van der Waals surface area contributed by atoms with Crippen molar-refractivity contribution in [3.05, 3.63) is 60.2 Å². The van der Waals surface area contributed by atoms with Gasteiger partial charge in [0.05, 0.1) is 17.9 Å². The molecular formula is C21H28IN3O2S. The molecule has 0 aromatic heterocycles. The fourth-order valence-electron chi connectivity index (χ4n) is 3.38. The van der Waals surface area contributed by atoms with Crippen LogP contribution in [-0.4, -0.2) is 54.6 Å². The van der Waals surface area contributed by atoms with Gasteiger partial charge in [0.1, 0.15) is 5.75 Å². The SMILES string of the molecule is CN=C(NCCS(=O)c1ccccc1)N1CCC(c2ccc(OC)cc2)C1.I. The first-order valence-corrected chi connectivity index (χ1v) is 10.6. The smallest absolute Gasteiger partial charge is 0.193 e. The zero-order chi connectivity index (χ0) is 19.1. The van der Waals surface area contributed by atoms with E-state index in [0.717, 1.165) is 36.1 Å². The first kappa shape index (κ1) is 22.7. The van der Waals surface area contributed by atoms with Crippen molar-refractivity contribution in [1.82, 2.24) is 10.2 Å². The Morgan fingerprint density at radius 3 is 2.57 bits per heavy atom. The maximum atomic E-state index is 12.3. The van der Waals surface area contributed by atoms with Crippen molar-refractivity contribution >= 4 is 40.7 Å². The number of hydrogen-bond donors (Lipinski definition) is 1. The molecule has 152 valence electrons. The van der Waals surface area contributed by atoms with Crippen LogP contribution in [0.25, 0.3) is 0 Å². The number of aliphatic imine (C=N–C) groups is 1. The van der Waals surface area contributed by atoms with Crippen LogP contribution in [0, 0.1) is 0 Å². The van der Waals surface area contributed by atoms with Gasteiger partial charge < -0.3 is 15.0 Å². The van der Waals surface area contributed by atoms with Crippen molar-refractivity contribution in [2.45, 2.75) is 17.2 Å². The number of ether oxygens (including phenoxy) is 1. The highest BCUT2D eigenvalue weighted by Gasteiger charge is 2.26. The maximum absolute atomic E-state index is 12.3. The van der Waals surface area contributed by atoms with Gasteiger partial charge in [0.2, 0.25) is 0 Å². The highest BCUT2D eigenvalue weighted by molar-refractivity contribution is 14.0. The fourth-order valence-corrected chi connectivity index (χ4v) is 4.36. The average Bonchev–Trinajstić information content (AvgIpc) is 3.21. The molecule has 2 unspecified atom stereocenters. The standard InChI is InChI=1S/C21H27N3O2S.HI/c1-22-21(23-13-15-27(25)20-6-4-3-5-7-20)24-14-12-18(16-24)17-8-10-19(26-2)11-9-17;/h3-11,18H,12-16H2,1-2H3,(H,22,23);1H. The Morgan fingerprint density at radius 1 is 1.21 bits per heavy atom. The largest absolute Gasteiger partial charge is 0.497 e. The molecule has 0 aliphatic carbocycles. The van der Waals surface area contributed by atoms with Crippen LogP contribution in [0.15, 0.2) is 64.5 Å². The van der Waals surface area contributed by atoms with E-state index in [1.54, 1.807) is 14.2 Å². The molecule has 1 N–H and O–H groups in total. The summed E-state index contributed by atoms with van der Waals surface area (Å²) in [5, 5.41) is 3.37. The second-order valence-corrected chi connectivity index (χ2v) is 8.11. The van der Waals surface area contributed by atoms with Crippen molar-refractivity contribution in [2.24, 2.45) is 4.99 Å². The predicted molar refractivity (Wildman–Crippen MR) is 126 cm³/mol. The number of benzene rings is 2. The second-order valence-electron chi connectivity index (χ2n) is 6.54. The van der Waals surface area contributed by atoms with Crippen molar-refractivity contribution < 1.29 is 8.95 Å². The Bertz CT molecular complexity index is 784. The molecule has 2 aromatic rings. The number of nitrogens with zero attached hydrogens (tertiary/aromatic N) is 2. The lowest BCUT2D eigenvalue weighted by atomic mass is 9.98. The van der Waals surface area contributed by atoms with Crippen molar-refractivity contribution in [1.29, 1.82) is 0 Å². The van der Waals surface area contributed by atoms with E-state index >= 15 is 0 Å². The Labute approximate surface area is 187 Å². The molecular weight excluding hydrogens is 485 g/mol. The Morgan fingerprint density at radius 2 is 1.93 bits per heavy atom. The lowest BCUT2D eigenvalue weighted by Gasteiger charge is -2.21. The number of rotatable bonds is 6. The summed E-state index contributed by atoms with van der Waals surface area (Å²) < 4.78 is 17.6. The minimum absolute atomic E-state index is 0. The summed E-state index contributed by atoms with van der Waals surface area (Å²) in [5.41, 5.74) is 1.33. The Kier molecular flexibility index (Phi) is 9.24. The molecule has 7 heteroatoms. The van der Waals surface area contributed by atoms with Gasteiger partial charge in [-0.25, -0.2) is 0 Å². The first-order chi connectivity index (χ1) is 13.2. The molecule has 28 heavy (non-hydrogen) atoms. The van der Waals surface area contributed by atoms with Gasteiger partial charge in [-0.3, -0.25) is 9.20 Å². The molecule has 1 aliphatic heterocycles. The first-order valence-electron chi connectivity index (χ1n) is 9.24. The molecule has 1 aliphatic rings. The van der Waals surface area contributed by atoms with Gasteiger partial charge in [-0.1, -0.05) is 30.3 Å². The van der Waals surface area contributed by atoms with E-state index in [-0.39, 0.29) is 24.0 Å². The van der Waals surface area contributed by atoms with Gasteiger partial charge in [0, 0.05) is 43.2 Å². The van der Waals surface area contributed by atoms with Crippen LogP contribution in [0.2, 0.25) is 0 Å². The van der Waals surface area contributed by atoms with Crippen molar-refractivity contribution in [2.75, 3.05) is 39.5 Å². The lowest BCUT2D eigenvalue weighted by molar-refractivity contribution is 0.414. The van der Waals surface area contributed by atoms with Gasteiger partial charge in [-0.2, -0.15) is 0 Å². The zero-order valence-corrected chi connectivity index (χ0v) is 19.5. The van der Waals surface area contributed by atoms with Crippen LogP contribution >= 0.6 is 24.0 Å². The highest BCUT2D eigenvalue weighted by Crippen LogP contribution is 2.28. The van der Waals surface area contributed by atoms with Gasteiger partial charge >= 0.3 is 0 Å². The maximum Gasteiger partial charge on any atom is 0.193 e. The van der Waals surface area contributed by atoms with Crippen molar-refractivity contribution in [3.8, 4) is 5.75 Å². The minimum atomic E-state index is -0.991. The van der Waals surface area contributed by atoms with E-state index < -0.39 is 10.8 Å². The fraction of sp³-hybridized carbons (Fsp3) is 0.381. The molecule has 0 saturated carbocycles. The van der Waals surface area contributed by atoms with Crippen molar-refractivity contribution in [3.63, 3.8) is 0 Å². The molecule has 1 fully saturated rings. The molecule has 5 nitrogen and oxygen atoms in total. The summed E-state index contributed by atoms with van der Waals surface area (Å²) >= 11 is 0. The summed E-state index contributed by atoms with van der Waals surface area (Å²) in [5.74, 6) is 2.83. The monoisotopic (exact) mass is 513 g/mol. The highest BCUT2D eigenvalue weighted by atomic mass is 127. The number of likely N-dealkylation sites (tertiary alicyclic amines) is 1. The molecule has 3 rings (SSSR count). The third-order valence-corrected chi connectivity index (χ3v) is 6.24. The average molecular weight is 513 g/mol. The van der Waals surface area contributed by atoms with E-state index in [2.05, 4.69) is 27.3 Å². The van der Waals surface area contributed by atoms with Crippen LogP contribution < -0.4 is 10.1 Å². The van der Waals surface area contributed by atoms with Crippen LogP contribution in [0.5, 0.6) is 5.75 Å². The Balaban J connectivity index is 0.00000280. The van der Waals surface area contributed by atoms with E-state index in [0.29, 0.717) is 18.2 Å². The van der Waals surface area contributed by atoms with Crippen LogP contribution in [0.3, 0.4) is 0 Å². The summed E-state index contributed by atoms with van der Waals surface area (Å²) in [6.45, 7) is 2.55. The number of hydrogen-bond acceptors (Lipinski definition) is 3. The number of nitrogens with one attached hydrogen (secondary N) is 1. The molecule has 2 aromatic carbocycles. The van der Waals surface area contributed by atoms with E-state index in [1.165, 1.54) is 5.56 Å². The molecule has 1 heterocycles. The van der Waals surface area contributed by atoms with Gasteiger partial charge in [0.25, 0.3) is 0 Å². The molecule has 2 atom stereocenters. The molecule has 0 amide bonds. The summed E-state index contributed by atoms with van der Waals surface area (Å²) in [4.78, 5) is 7.56. The summed E-state index contributed by atoms with van der Waals surface area (Å²) in [7, 11) is 2.50. The Hall–Kier alpha value is -1.61. The molecule has 1 saturated heterocycles. The third-order valence-electron chi connectivity index (χ3n) is 4.86. The molecule has 0 radical (unpaired) electrons. The van der Waals surface area contributed by atoms with Crippen LogP contribution in [0.4, 0.5) is 0 Å². The summed E-state index contributed by atoms with van der Waals surface area (Å²) in [6, 6.07) is 17.9.